The van der Waals surface area contributed by atoms with E-state index >= 15 is 0 Å². The highest BCUT2D eigenvalue weighted by Crippen LogP contribution is 2.26. The van der Waals surface area contributed by atoms with Crippen LogP contribution in [0.5, 0.6) is 0 Å². The number of rotatable bonds is 2. The predicted molar refractivity (Wildman–Crippen MR) is 62.6 cm³/mol. The first-order valence-corrected chi connectivity index (χ1v) is 5.23. The Morgan fingerprint density at radius 1 is 0.812 bits per heavy atom. The molecule has 88 valence electrons. The smallest absolute Gasteiger partial charge is 0.293 e. The molecule has 0 aliphatic heterocycles. The topological polar surface area (TPSA) is 35.5 Å². The van der Waals surface area contributed by atoms with E-state index in [0.29, 0.717) is 5.56 Å². The second-order valence-electron chi connectivity index (χ2n) is 4.04. The van der Waals surface area contributed by atoms with Gasteiger partial charge in [0, 0.05) is 0 Å². The zero-order chi connectivity index (χ0) is 12.5. The first-order valence-electron chi connectivity index (χ1n) is 5.23. The van der Waals surface area contributed by atoms with Crippen LogP contribution in [0.25, 0.3) is 0 Å². The third-order valence-corrected chi connectivity index (χ3v) is 3.36. The quantitative estimate of drug-likeness (QED) is 0.570. The summed E-state index contributed by atoms with van der Waals surface area (Å²) in [5.41, 5.74) is 6.02. The lowest BCUT2D eigenvalue weighted by molar-refractivity contribution is -0.216. The van der Waals surface area contributed by atoms with Crippen LogP contribution in [0.3, 0.4) is 0 Å². The minimum Gasteiger partial charge on any atom is -0.293 e. The number of carbonyl (C=O) groups excluding carboxylic acids is 1. The van der Waals surface area contributed by atoms with Crippen molar-refractivity contribution in [1.29, 1.82) is 0 Å². The van der Waals surface area contributed by atoms with E-state index in [1.807, 2.05) is 27.7 Å². The van der Waals surface area contributed by atoms with Crippen molar-refractivity contribution < 1.29 is 14.6 Å². The van der Waals surface area contributed by atoms with Crippen molar-refractivity contribution >= 4 is 5.97 Å². The molecule has 0 aliphatic carbocycles. The summed E-state index contributed by atoms with van der Waals surface area (Å²) in [4.78, 5) is 20.8. The van der Waals surface area contributed by atoms with Gasteiger partial charge < -0.3 is 0 Å². The lowest BCUT2D eigenvalue weighted by Gasteiger charge is -2.16. The van der Waals surface area contributed by atoms with Crippen LogP contribution in [0, 0.1) is 34.6 Å². The molecular weight excluding hydrogens is 204 g/mol. The Balaban J connectivity index is 3.45. The molecule has 3 nitrogen and oxygen atoms in total. The van der Waals surface area contributed by atoms with E-state index in [9.17, 15) is 4.79 Å². The maximum absolute atomic E-state index is 11.8. The van der Waals surface area contributed by atoms with E-state index in [1.165, 1.54) is 12.7 Å². The van der Waals surface area contributed by atoms with Crippen LogP contribution in [0.1, 0.15) is 38.2 Å². The Morgan fingerprint density at radius 2 is 1.19 bits per heavy atom. The van der Waals surface area contributed by atoms with Crippen LogP contribution in [0.2, 0.25) is 0 Å². The molecule has 0 aliphatic rings. The average molecular weight is 222 g/mol. The van der Waals surface area contributed by atoms with Crippen molar-refractivity contribution in [2.75, 3.05) is 7.11 Å². The van der Waals surface area contributed by atoms with E-state index in [0.717, 1.165) is 22.3 Å². The lowest BCUT2D eigenvalue weighted by Crippen LogP contribution is -2.12. The van der Waals surface area contributed by atoms with Gasteiger partial charge in [0.25, 0.3) is 0 Å². The Bertz CT molecular complexity index is 404. The van der Waals surface area contributed by atoms with E-state index in [2.05, 4.69) is 16.7 Å². The number of carbonyl (C=O) groups is 1. The highest BCUT2D eigenvalue weighted by Gasteiger charge is 2.19. The van der Waals surface area contributed by atoms with Gasteiger partial charge in [0.1, 0.15) is 0 Å². The summed E-state index contributed by atoms with van der Waals surface area (Å²) in [6.07, 6.45) is 0. The molecule has 0 heterocycles. The summed E-state index contributed by atoms with van der Waals surface area (Å²) in [6, 6.07) is 0. The molecule has 0 spiro atoms. The first kappa shape index (κ1) is 12.7. The summed E-state index contributed by atoms with van der Waals surface area (Å²) in [6.45, 7) is 9.96. The second-order valence-corrected chi connectivity index (χ2v) is 4.04. The van der Waals surface area contributed by atoms with Gasteiger partial charge in [0.05, 0.1) is 12.7 Å². The van der Waals surface area contributed by atoms with Gasteiger partial charge in [-0.2, -0.15) is 4.89 Å². The van der Waals surface area contributed by atoms with Crippen LogP contribution >= 0.6 is 0 Å². The van der Waals surface area contributed by atoms with Gasteiger partial charge in [-0.3, -0.25) is 4.89 Å². The number of benzene rings is 1. The molecule has 1 aromatic carbocycles. The van der Waals surface area contributed by atoms with Crippen molar-refractivity contribution in [2.24, 2.45) is 0 Å². The van der Waals surface area contributed by atoms with Crippen LogP contribution in [0.4, 0.5) is 0 Å². The molecule has 16 heavy (non-hydrogen) atoms. The fourth-order valence-corrected chi connectivity index (χ4v) is 1.92. The van der Waals surface area contributed by atoms with Gasteiger partial charge in [0.2, 0.25) is 0 Å². The van der Waals surface area contributed by atoms with Crippen LogP contribution in [-0.2, 0) is 9.78 Å². The molecule has 0 saturated heterocycles. The Labute approximate surface area is 96.3 Å². The van der Waals surface area contributed by atoms with Crippen LogP contribution in [0.15, 0.2) is 0 Å². The van der Waals surface area contributed by atoms with Gasteiger partial charge in [-0.1, -0.05) is 0 Å². The van der Waals surface area contributed by atoms with Crippen LogP contribution < -0.4 is 0 Å². The van der Waals surface area contributed by atoms with Crippen molar-refractivity contribution in [3.63, 3.8) is 0 Å². The summed E-state index contributed by atoms with van der Waals surface area (Å²) < 4.78 is 0. The van der Waals surface area contributed by atoms with E-state index in [4.69, 9.17) is 0 Å². The summed E-state index contributed by atoms with van der Waals surface area (Å²) in [5, 5.41) is 0. The van der Waals surface area contributed by atoms with E-state index in [-0.39, 0.29) is 0 Å². The van der Waals surface area contributed by atoms with Gasteiger partial charge in [-0.15, -0.1) is 0 Å². The minimum absolute atomic E-state index is 0.427. The molecule has 0 unspecified atom stereocenters. The third-order valence-electron chi connectivity index (χ3n) is 3.36. The van der Waals surface area contributed by atoms with Gasteiger partial charge in [-0.25, -0.2) is 4.79 Å². The van der Waals surface area contributed by atoms with Crippen LogP contribution in [-0.4, -0.2) is 13.1 Å². The van der Waals surface area contributed by atoms with Gasteiger partial charge in [0.15, 0.2) is 0 Å². The van der Waals surface area contributed by atoms with Crippen molar-refractivity contribution in [3.05, 3.63) is 33.4 Å². The predicted octanol–water partition coefficient (Wildman–Crippen LogP) is 2.95. The lowest BCUT2D eigenvalue weighted by atomic mass is 9.90. The second kappa shape index (κ2) is 4.66. The van der Waals surface area contributed by atoms with Gasteiger partial charge in [-0.05, 0) is 62.4 Å². The fraction of sp³-hybridized carbons (Fsp3) is 0.462. The molecule has 0 amide bonds. The molecule has 0 fully saturated rings. The number of hydrogen-bond acceptors (Lipinski definition) is 3. The molecular formula is C13H18O3. The minimum atomic E-state index is -0.427. The largest absolute Gasteiger partial charge is 0.373 e. The summed E-state index contributed by atoms with van der Waals surface area (Å²) in [7, 11) is 1.33. The Hall–Kier alpha value is -1.35. The van der Waals surface area contributed by atoms with Crippen molar-refractivity contribution in [2.45, 2.75) is 34.6 Å². The molecule has 1 rings (SSSR count). The standard InChI is InChI=1S/C13H18O3/c1-7-8(2)10(4)12(11(5)9(7)3)13(14)16-15-6/h1-6H3. The molecule has 0 N–H and O–H groups in total. The van der Waals surface area contributed by atoms with Gasteiger partial charge >= 0.3 is 5.97 Å². The van der Waals surface area contributed by atoms with Crippen molar-refractivity contribution in [1.82, 2.24) is 0 Å². The van der Waals surface area contributed by atoms with E-state index < -0.39 is 5.97 Å². The molecule has 0 radical (unpaired) electrons. The Kier molecular flexibility index (Phi) is 3.70. The fourth-order valence-electron chi connectivity index (χ4n) is 1.92. The summed E-state index contributed by atoms with van der Waals surface area (Å²) >= 11 is 0. The SMILES string of the molecule is COOC(=O)c1c(C)c(C)c(C)c(C)c1C. The molecule has 0 atom stereocenters. The van der Waals surface area contributed by atoms with E-state index in [1.54, 1.807) is 0 Å². The van der Waals surface area contributed by atoms with Crippen molar-refractivity contribution in [3.8, 4) is 0 Å². The molecule has 0 aromatic heterocycles. The highest BCUT2D eigenvalue weighted by molar-refractivity contribution is 5.93. The maximum Gasteiger partial charge on any atom is 0.373 e. The zero-order valence-corrected chi connectivity index (χ0v) is 10.7. The first-order chi connectivity index (χ1) is 7.41. The third kappa shape index (κ3) is 1.95. The molecule has 3 heteroatoms. The highest BCUT2D eigenvalue weighted by atomic mass is 17.2. The molecule has 0 bridgehead atoms. The zero-order valence-electron chi connectivity index (χ0n) is 10.7. The summed E-state index contributed by atoms with van der Waals surface area (Å²) in [5.74, 6) is -0.427. The average Bonchev–Trinajstić information content (AvgIpc) is 2.24. The number of hydrogen-bond donors (Lipinski definition) is 0. The maximum atomic E-state index is 11.8. The molecule has 0 saturated carbocycles. The normalized spacial score (nSPS) is 10.4. The molecule has 1 aromatic rings. The Morgan fingerprint density at radius 3 is 1.56 bits per heavy atom. The monoisotopic (exact) mass is 222 g/mol.